The molecule has 0 spiro atoms. The van der Waals surface area contributed by atoms with Crippen LogP contribution in [0.2, 0.25) is 0 Å². The highest BCUT2D eigenvalue weighted by atomic mass is 16.4. The molecule has 0 aliphatic heterocycles. The maximum Gasteiger partial charge on any atom is 0.163 e. The van der Waals surface area contributed by atoms with E-state index in [1.165, 1.54) is 5.56 Å². The van der Waals surface area contributed by atoms with Crippen LogP contribution in [0.3, 0.4) is 0 Å². The molecule has 0 saturated heterocycles. The van der Waals surface area contributed by atoms with Crippen LogP contribution in [-0.2, 0) is 11.2 Å². The molecule has 13 heavy (non-hydrogen) atoms. The van der Waals surface area contributed by atoms with Crippen LogP contribution in [0.25, 0.3) is 0 Å². The van der Waals surface area contributed by atoms with Crippen LogP contribution >= 0.6 is 0 Å². The number of methoxy groups -OCH3 is 1. The van der Waals surface area contributed by atoms with Gasteiger partial charge in [-0.15, -0.1) is 0 Å². The van der Waals surface area contributed by atoms with E-state index in [4.69, 9.17) is 0 Å². The van der Waals surface area contributed by atoms with E-state index >= 15 is 0 Å². The molecule has 0 unspecified atom stereocenters. The number of fused-ring (bicyclic) bond motifs is 1. The third-order valence-electron chi connectivity index (χ3n) is 1.94. The molecule has 0 bridgehead atoms. The summed E-state index contributed by atoms with van der Waals surface area (Å²) in [6, 6.07) is 7.84. The average Bonchev–Trinajstić information content (AvgIpc) is 2.50. The topological polar surface area (TPSA) is 26.3 Å². The highest BCUT2D eigenvalue weighted by Crippen LogP contribution is 2.20. The van der Waals surface area contributed by atoms with Gasteiger partial charge in [0.05, 0.1) is 0 Å². The van der Waals surface area contributed by atoms with Gasteiger partial charge in [0.1, 0.15) is 0 Å². The molecule has 0 heterocycles. The van der Waals surface area contributed by atoms with Crippen molar-refractivity contribution in [3.8, 4) is 0 Å². The molecular weight excluding hydrogens is 164 g/mol. The molecule has 1 aliphatic carbocycles. The maximum absolute atomic E-state index is 11.1. The number of ketones is 1. The molecule has 0 atom stereocenters. The summed E-state index contributed by atoms with van der Waals surface area (Å²) in [4.78, 5) is 11.1. The van der Waals surface area contributed by atoms with Gasteiger partial charge in [0.15, 0.2) is 5.78 Å². The van der Waals surface area contributed by atoms with Crippen molar-refractivity contribution in [2.45, 2.75) is 12.8 Å². The number of rotatable bonds is 0. The Morgan fingerprint density at radius 1 is 1.15 bits per heavy atom. The zero-order valence-corrected chi connectivity index (χ0v) is 8.04. The Hall–Kier alpha value is -1.15. The van der Waals surface area contributed by atoms with E-state index < -0.39 is 0 Å². The number of hydrogen-bond acceptors (Lipinski definition) is 2. The van der Waals surface area contributed by atoms with E-state index in [2.05, 4.69) is 4.74 Å². The van der Waals surface area contributed by atoms with E-state index in [0.29, 0.717) is 12.2 Å². The van der Waals surface area contributed by atoms with Crippen LogP contribution in [-0.4, -0.2) is 20.0 Å². The van der Waals surface area contributed by atoms with Crippen molar-refractivity contribution in [3.63, 3.8) is 0 Å². The monoisotopic (exact) mass is 178 g/mol. The predicted molar refractivity (Wildman–Crippen MR) is 52.0 cm³/mol. The summed E-state index contributed by atoms with van der Waals surface area (Å²) < 4.78 is 4.25. The Labute approximate surface area is 78.5 Å². The normalized spacial score (nSPS) is 13.2. The van der Waals surface area contributed by atoms with Crippen molar-refractivity contribution < 1.29 is 9.53 Å². The summed E-state index contributed by atoms with van der Waals surface area (Å²) in [5, 5.41) is 0. The molecule has 2 heteroatoms. The second-order valence-electron chi connectivity index (χ2n) is 2.99. The summed E-state index contributed by atoms with van der Waals surface area (Å²) in [6.45, 7) is 0. The van der Waals surface area contributed by atoms with Crippen LogP contribution in [0.1, 0.15) is 22.3 Å². The predicted octanol–water partition coefficient (Wildman–Crippen LogP) is 2.08. The van der Waals surface area contributed by atoms with Crippen LogP contribution < -0.4 is 0 Å². The molecule has 0 amide bonds. The minimum absolute atomic E-state index is 0.301. The van der Waals surface area contributed by atoms with Crippen molar-refractivity contribution in [2.75, 3.05) is 14.2 Å². The lowest BCUT2D eigenvalue weighted by Gasteiger charge is -1.92. The molecular formula is C11H14O2. The summed E-state index contributed by atoms with van der Waals surface area (Å²) >= 11 is 0. The molecule has 70 valence electrons. The van der Waals surface area contributed by atoms with Crippen LogP contribution in [0, 0.1) is 0 Å². The minimum Gasteiger partial charge on any atom is -0.388 e. The first kappa shape index (κ1) is 9.93. The summed E-state index contributed by atoms with van der Waals surface area (Å²) in [5.74, 6) is 0.301. The van der Waals surface area contributed by atoms with Crippen molar-refractivity contribution in [2.24, 2.45) is 0 Å². The van der Waals surface area contributed by atoms with Gasteiger partial charge in [0, 0.05) is 26.2 Å². The van der Waals surface area contributed by atoms with Crippen molar-refractivity contribution in [1.29, 1.82) is 0 Å². The van der Waals surface area contributed by atoms with Gasteiger partial charge in [-0.05, 0) is 12.0 Å². The van der Waals surface area contributed by atoms with E-state index in [1.54, 1.807) is 14.2 Å². The maximum atomic E-state index is 11.1. The number of carbonyl (C=O) groups is 1. The number of benzene rings is 1. The second-order valence-corrected chi connectivity index (χ2v) is 2.99. The zero-order chi connectivity index (χ0) is 9.68. The Kier molecular flexibility index (Phi) is 3.65. The minimum atomic E-state index is 0.301. The third-order valence-corrected chi connectivity index (χ3v) is 1.94. The summed E-state index contributed by atoms with van der Waals surface area (Å²) in [6.07, 6.45) is 1.65. The fraction of sp³-hybridized carbons (Fsp3) is 0.364. The standard InChI is InChI=1S/C9H8O.C2H6O/c10-9-6-5-7-3-1-2-4-8(7)9;1-3-2/h1-4H,5-6H2;1-2H3. The lowest BCUT2D eigenvalue weighted by atomic mass is 10.1. The molecule has 0 fully saturated rings. The third kappa shape index (κ3) is 2.39. The van der Waals surface area contributed by atoms with Gasteiger partial charge < -0.3 is 4.74 Å². The fourth-order valence-corrected chi connectivity index (χ4v) is 1.39. The highest BCUT2D eigenvalue weighted by Gasteiger charge is 2.17. The number of Topliss-reactive ketones (excluding diaryl/α,β-unsaturated/α-hetero) is 1. The smallest absolute Gasteiger partial charge is 0.163 e. The van der Waals surface area contributed by atoms with Gasteiger partial charge in [-0.3, -0.25) is 4.79 Å². The molecule has 1 aliphatic rings. The van der Waals surface area contributed by atoms with Crippen LogP contribution in [0.15, 0.2) is 24.3 Å². The number of aryl methyl sites for hydroxylation is 1. The average molecular weight is 178 g/mol. The Bertz CT molecular complexity index is 292. The first-order valence-electron chi connectivity index (χ1n) is 4.31. The first-order valence-corrected chi connectivity index (χ1v) is 4.31. The lowest BCUT2D eigenvalue weighted by Crippen LogP contribution is -1.88. The summed E-state index contributed by atoms with van der Waals surface area (Å²) in [7, 11) is 3.25. The Morgan fingerprint density at radius 2 is 1.77 bits per heavy atom. The van der Waals surface area contributed by atoms with E-state index in [0.717, 1.165) is 12.0 Å². The van der Waals surface area contributed by atoms with Gasteiger partial charge >= 0.3 is 0 Å². The molecule has 0 N–H and O–H groups in total. The van der Waals surface area contributed by atoms with Gasteiger partial charge in [0.2, 0.25) is 0 Å². The zero-order valence-electron chi connectivity index (χ0n) is 8.04. The van der Waals surface area contributed by atoms with E-state index in [9.17, 15) is 4.79 Å². The Balaban J connectivity index is 0.000000251. The van der Waals surface area contributed by atoms with Crippen LogP contribution in [0.5, 0.6) is 0 Å². The SMILES string of the molecule is COC.O=C1CCc2ccccc21. The van der Waals surface area contributed by atoms with Crippen LogP contribution in [0.4, 0.5) is 0 Å². The van der Waals surface area contributed by atoms with Crippen molar-refractivity contribution in [1.82, 2.24) is 0 Å². The summed E-state index contributed by atoms with van der Waals surface area (Å²) in [5.41, 5.74) is 2.15. The molecule has 2 rings (SSSR count). The highest BCUT2D eigenvalue weighted by molar-refractivity contribution is 6.00. The van der Waals surface area contributed by atoms with Gasteiger partial charge in [-0.1, -0.05) is 24.3 Å². The van der Waals surface area contributed by atoms with Crippen molar-refractivity contribution in [3.05, 3.63) is 35.4 Å². The van der Waals surface area contributed by atoms with E-state index in [1.807, 2.05) is 24.3 Å². The Morgan fingerprint density at radius 3 is 2.38 bits per heavy atom. The molecule has 1 aromatic rings. The first-order chi connectivity index (χ1) is 6.29. The number of ether oxygens (including phenoxy) is 1. The molecule has 0 saturated carbocycles. The largest absolute Gasteiger partial charge is 0.388 e. The molecule has 2 nitrogen and oxygen atoms in total. The molecule has 0 radical (unpaired) electrons. The van der Waals surface area contributed by atoms with Gasteiger partial charge in [-0.2, -0.15) is 0 Å². The molecule has 1 aromatic carbocycles. The fourth-order valence-electron chi connectivity index (χ4n) is 1.39. The number of hydrogen-bond donors (Lipinski definition) is 0. The lowest BCUT2D eigenvalue weighted by molar-refractivity contribution is 0.0994. The molecule has 0 aromatic heterocycles. The van der Waals surface area contributed by atoms with Gasteiger partial charge in [-0.25, -0.2) is 0 Å². The van der Waals surface area contributed by atoms with Gasteiger partial charge in [0.25, 0.3) is 0 Å². The van der Waals surface area contributed by atoms with E-state index in [-0.39, 0.29) is 0 Å². The van der Waals surface area contributed by atoms with Crippen molar-refractivity contribution >= 4 is 5.78 Å². The quantitative estimate of drug-likeness (QED) is 0.608. The second kappa shape index (κ2) is 4.77. The number of carbonyl (C=O) groups excluding carboxylic acids is 1.